The normalized spacial score (nSPS) is 19.7. The molecule has 0 radical (unpaired) electrons. The zero-order valence-corrected chi connectivity index (χ0v) is 26.0. The minimum atomic E-state index is -0.263. The van der Waals surface area contributed by atoms with Crippen molar-refractivity contribution in [3.63, 3.8) is 0 Å². The minimum Gasteiger partial charge on any atom is -0.375 e. The minimum absolute atomic E-state index is 0.0614. The standard InChI is InChI=1S/C35H40N8O3/c1-2-31(44)39-27-5-3-15-42(22-27)21-24-10-14-36-30(19-24)34(45)40-26-8-6-25(7-9-26)29-20-28-32(41-29)37-23-38-33(28)43-16-12-35(13-17-43)11-4-18-46-35/h2,6-10,14,19-20,23,27H,1,3-5,11-13,15-18,21-22H2,(H,39,44)(H,40,45)(H,37,38,41)/t27-/m1/s1. The van der Waals surface area contributed by atoms with Gasteiger partial charge in [-0.3, -0.25) is 19.5 Å². The van der Waals surface area contributed by atoms with Gasteiger partial charge in [0.05, 0.1) is 11.0 Å². The molecule has 0 aliphatic carbocycles. The highest BCUT2D eigenvalue weighted by Crippen LogP contribution is 2.38. The zero-order chi connectivity index (χ0) is 31.5. The number of hydrogen-bond acceptors (Lipinski definition) is 8. The lowest BCUT2D eigenvalue weighted by Crippen LogP contribution is -2.46. The maximum Gasteiger partial charge on any atom is 0.274 e. The van der Waals surface area contributed by atoms with Crippen molar-refractivity contribution in [1.29, 1.82) is 0 Å². The van der Waals surface area contributed by atoms with Crippen LogP contribution in [0.1, 0.15) is 54.6 Å². The number of rotatable bonds is 8. The second-order valence-electron chi connectivity index (χ2n) is 12.6. The van der Waals surface area contributed by atoms with Crippen LogP contribution in [-0.2, 0) is 16.1 Å². The summed E-state index contributed by atoms with van der Waals surface area (Å²) in [5, 5.41) is 6.98. The van der Waals surface area contributed by atoms with Gasteiger partial charge in [-0.2, -0.15) is 0 Å². The molecule has 3 N–H and O–H groups in total. The topological polar surface area (TPSA) is 128 Å². The molecular weight excluding hydrogens is 580 g/mol. The summed E-state index contributed by atoms with van der Waals surface area (Å²) in [6.45, 7) is 8.65. The van der Waals surface area contributed by atoms with Crippen LogP contribution in [0.2, 0.25) is 0 Å². The molecule has 46 heavy (non-hydrogen) atoms. The summed E-state index contributed by atoms with van der Waals surface area (Å²) in [4.78, 5) is 46.4. The van der Waals surface area contributed by atoms with Crippen molar-refractivity contribution in [2.45, 2.75) is 56.7 Å². The van der Waals surface area contributed by atoms with Gasteiger partial charge in [-0.05, 0) is 92.6 Å². The summed E-state index contributed by atoms with van der Waals surface area (Å²) in [6, 6.07) is 13.7. The summed E-state index contributed by atoms with van der Waals surface area (Å²) in [6.07, 6.45) is 10.9. The van der Waals surface area contributed by atoms with E-state index in [9.17, 15) is 9.59 Å². The van der Waals surface area contributed by atoms with Gasteiger partial charge in [0.25, 0.3) is 5.91 Å². The maximum absolute atomic E-state index is 13.1. The monoisotopic (exact) mass is 620 g/mol. The first-order valence-electron chi connectivity index (χ1n) is 16.2. The number of aromatic nitrogens is 4. The van der Waals surface area contributed by atoms with Crippen LogP contribution in [0, 0.1) is 0 Å². The zero-order valence-electron chi connectivity index (χ0n) is 26.0. The number of carbonyl (C=O) groups excluding carboxylic acids is 2. The largest absolute Gasteiger partial charge is 0.375 e. The molecule has 3 aliphatic heterocycles. The molecule has 0 saturated carbocycles. The number of H-pyrrole nitrogens is 1. The Bertz CT molecular complexity index is 1720. The molecule has 4 aromatic rings. The predicted octanol–water partition coefficient (Wildman–Crippen LogP) is 4.69. The van der Waals surface area contributed by atoms with Crippen molar-refractivity contribution in [3.8, 4) is 11.3 Å². The lowest BCUT2D eigenvalue weighted by molar-refractivity contribution is -0.117. The van der Waals surface area contributed by atoms with E-state index in [0.29, 0.717) is 17.9 Å². The molecule has 2 amide bonds. The van der Waals surface area contributed by atoms with Crippen LogP contribution in [-0.4, -0.2) is 81.1 Å². The molecule has 7 rings (SSSR count). The summed E-state index contributed by atoms with van der Waals surface area (Å²) in [7, 11) is 0. The molecule has 0 bridgehead atoms. The third-order valence-electron chi connectivity index (χ3n) is 9.52. The van der Waals surface area contributed by atoms with Gasteiger partial charge in [0.1, 0.15) is 23.5 Å². The van der Waals surface area contributed by atoms with Gasteiger partial charge in [-0.15, -0.1) is 0 Å². The second kappa shape index (κ2) is 13.0. The molecule has 0 unspecified atom stereocenters. The molecule has 3 aliphatic rings. The Kier molecular flexibility index (Phi) is 8.51. The number of pyridine rings is 1. The van der Waals surface area contributed by atoms with Crippen molar-refractivity contribution < 1.29 is 14.3 Å². The molecule has 3 aromatic heterocycles. The van der Waals surface area contributed by atoms with Crippen LogP contribution >= 0.6 is 0 Å². The summed E-state index contributed by atoms with van der Waals surface area (Å²) >= 11 is 0. The maximum atomic E-state index is 13.1. The Balaban J connectivity index is 0.986. The second-order valence-corrected chi connectivity index (χ2v) is 12.6. The lowest BCUT2D eigenvalue weighted by Gasteiger charge is -2.39. The van der Waals surface area contributed by atoms with Crippen LogP contribution in [0.3, 0.4) is 0 Å². The van der Waals surface area contributed by atoms with E-state index < -0.39 is 0 Å². The van der Waals surface area contributed by atoms with E-state index in [4.69, 9.17) is 4.74 Å². The SMILES string of the molecule is C=CC(=O)N[C@@H]1CCCN(Cc2ccnc(C(=O)Nc3ccc(-c4cc5c(N6CCC7(CCCO7)CC6)ncnc5[nH]4)cc3)c2)C1. The third kappa shape index (κ3) is 6.52. The number of piperidine rings is 2. The molecule has 1 aromatic carbocycles. The summed E-state index contributed by atoms with van der Waals surface area (Å²) in [5.74, 6) is 0.549. The summed E-state index contributed by atoms with van der Waals surface area (Å²) in [5.41, 5.74) is 4.85. The number of benzene rings is 1. The Labute approximate surface area is 268 Å². The number of likely N-dealkylation sites (tertiary alicyclic amines) is 1. The molecule has 3 fully saturated rings. The molecule has 1 spiro atoms. The van der Waals surface area contributed by atoms with Gasteiger partial charge in [0.15, 0.2) is 0 Å². The van der Waals surface area contributed by atoms with Crippen molar-refractivity contribution in [3.05, 3.63) is 78.9 Å². The fraction of sp³-hybridized carbons (Fsp3) is 0.400. The molecular formula is C35H40N8O3. The van der Waals surface area contributed by atoms with E-state index in [1.54, 1.807) is 12.5 Å². The first-order valence-corrected chi connectivity index (χ1v) is 16.2. The molecule has 238 valence electrons. The quantitative estimate of drug-likeness (QED) is 0.242. The van der Waals surface area contributed by atoms with Crippen molar-refractivity contribution in [2.24, 2.45) is 0 Å². The number of amides is 2. The van der Waals surface area contributed by atoms with Gasteiger partial charge < -0.3 is 25.3 Å². The Morgan fingerprint density at radius 1 is 1.04 bits per heavy atom. The number of carbonyl (C=O) groups is 2. The fourth-order valence-corrected chi connectivity index (χ4v) is 7.07. The Morgan fingerprint density at radius 3 is 2.67 bits per heavy atom. The molecule has 3 saturated heterocycles. The summed E-state index contributed by atoms with van der Waals surface area (Å²) < 4.78 is 6.11. The smallest absolute Gasteiger partial charge is 0.274 e. The van der Waals surface area contributed by atoms with E-state index in [1.165, 1.54) is 6.08 Å². The molecule has 1 atom stereocenters. The van der Waals surface area contributed by atoms with E-state index in [0.717, 1.165) is 105 Å². The van der Waals surface area contributed by atoms with Gasteiger partial charge in [0, 0.05) is 56.4 Å². The van der Waals surface area contributed by atoms with Gasteiger partial charge in [-0.25, -0.2) is 9.97 Å². The number of anilines is 2. The Hall–Kier alpha value is -4.61. The lowest BCUT2D eigenvalue weighted by atomic mass is 9.88. The van der Waals surface area contributed by atoms with E-state index in [-0.39, 0.29) is 23.5 Å². The number of fused-ring (bicyclic) bond motifs is 1. The average Bonchev–Trinajstić information content (AvgIpc) is 3.73. The van der Waals surface area contributed by atoms with Crippen LogP contribution in [0.4, 0.5) is 11.5 Å². The van der Waals surface area contributed by atoms with Crippen LogP contribution in [0.5, 0.6) is 0 Å². The number of nitrogens with one attached hydrogen (secondary N) is 3. The van der Waals surface area contributed by atoms with E-state index in [2.05, 4.69) is 53.0 Å². The number of ether oxygens (including phenoxy) is 1. The Morgan fingerprint density at radius 2 is 1.89 bits per heavy atom. The predicted molar refractivity (Wildman–Crippen MR) is 178 cm³/mol. The molecule has 11 heteroatoms. The highest BCUT2D eigenvalue weighted by atomic mass is 16.5. The van der Waals surface area contributed by atoms with Crippen LogP contribution < -0.4 is 15.5 Å². The first-order chi connectivity index (χ1) is 22.5. The van der Waals surface area contributed by atoms with Gasteiger partial charge in [-0.1, -0.05) is 18.7 Å². The van der Waals surface area contributed by atoms with Gasteiger partial charge >= 0.3 is 0 Å². The number of nitrogens with zero attached hydrogens (tertiary/aromatic N) is 5. The highest BCUT2D eigenvalue weighted by Gasteiger charge is 2.39. The number of hydrogen-bond donors (Lipinski definition) is 3. The first kappa shape index (κ1) is 30.1. The molecule has 11 nitrogen and oxygen atoms in total. The van der Waals surface area contributed by atoms with Crippen molar-refractivity contribution >= 4 is 34.4 Å². The highest BCUT2D eigenvalue weighted by molar-refractivity contribution is 6.03. The average molecular weight is 621 g/mol. The van der Waals surface area contributed by atoms with Crippen LogP contribution in [0.25, 0.3) is 22.3 Å². The van der Waals surface area contributed by atoms with Crippen molar-refractivity contribution in [1.82, 2.24) is 30.2 Å². The molecule has 6 heterocycles. The van der Waals surface area contributed by atoms with E-state index >= 15 is 0 Å². The van der Waals surface area contributed by atoms with Crippen molar-refractivity contribution in [2.75, 3.05) is 43.0 Å². The van der Waals surface area contributed by atoms with Gasteiger partial charge in [0.2, 0.25) is 5.91 Å². The third-order valence-corrected chi connectivity index (χ3v) is 9.52. The fourth-order valence-electron chi connectivity index (χ4n) is 7.07. The van der Waals surface area contributed by atoms with Crippen LogP contribution in [0.15, 0.2) is 67.6 Å². The van der Waals surface area contributed by atoms with E-state index in [1.807, 2.05) is 36.4 Å². The number of aromatic amines is 1.